The molecule has 0 heterocycles. The number of fused-ring (bicyclic) bond motifs is 3. The van der Waals surface area contributed by atoms with E-state index in [1.807, 2.05) is 0 Å². The minimum Gasteiger partial charge on any atom is -0.0649 e. The lowest BCUT2D eigenvalue weighted by Crippen LogP contribution is -2.45. The van der Waals surface area contributed by atoms with Crippen molar-refractivity contribution in [1.29, 1.82) is 0 Å². The van der Waals surface area contributed by atoms with Crippen LogP contribution in [0.2, 0.25) is 0 Å². The van der Waals surface area contributed by atoms with Crippen LogP contribution in [0.5, 0.6) is 0 Å². The van der Waals surface area contributed by atoms with Gasteiger partial charge < -0.3 is 0 Å². The highest BCUT2D eigenvalue weighted by molar-refractivity contribution is 4.97. The molecule has 0 aromatic carbocycles. The van der Waals surface area contributed by atoms with E-state index in [1.165, 1.54) is 32.1 Å². The SMILES string of the molecule is CCC(C)(C)C1CCCC2C3CCCCC3CCC21. The summed E-state index contributed by atoms with van der Waals surface area (Å²) < 4.78 is 0. The minimum absolute atomic E-state index is 0.588. The zero-order chi connectivity index (χ0) is 13.5. The van der Waals surface area contributed by atoms with Crippen molar-refractivity contribution < 1.29 is 0 Å². The first-order valence-electron chi connectivity index (χ1n) is 9.13. The van der Waals surface area contributed by atoms with Crippen LogP contribution in [0, 0.1) is 35.0 Å². The lowest BCUT2D eigenvalue weighted by Gasteiger charge is -2.54. The monoisotopic (exact) mass is 262 g/mol. The standard InChI is InChI=1S/C19H34/c1-4-19(2,3)18-11-7-10-16-15-9-6-5-8-14(15)12-13-17(16)18/h14-18H,4-13H2,1-3H3. The third kappa shape index (κ3) is 2.49. The molecular weight excluding hydrogens is 228 g/mol. The smallest absolute Gasteiger partial charge is 0.0326 e. The zero-order valence-corrected chi connectivity index (χ0v) is 13.5. The summed E-state index contributed by atoms with van der Waals surface area (Å²) in [5, 5.41) is 0. The molecule has 0 aromatic heterocycles. The maximum atomic E-state index is 2.55. The Morgan fingerprint density at radius 1 is 0.737 bits per heavy atom. The molecule has 0 spiro atoms. The van der Waals surface area contributed by atoms with Crippen LogP contribution in [0.3, 0.4) is 0 Å². The third-order valence-corrected chi connectivity index (χ3v) is 7.42. The minimum atomic E-state index is 0.588. The topological polar surface area (TPSA) is 0 Å². The van der Waals surface area contributed by atoms with E-state index in [9.17, 15) is 0 Å². The van der Waals surface area contributed by atoms with Crippen molar-refractivity contribution in [2.45, 2.75) is 85.0 Å². The van der Waals surface area contributed by atoms with Crippen molar-refractivity contribution in [2.24, 2.45) is 35.0 Å². The lowest BCUT2D eigenvalue weighted by atomic mass is 9.51. The maximum Gasteiger partial charge on any atom is -0.0326 e. The van der Waals surface area contributed by atoms with E-state index in [-0.39, 0.29) is 0 Å². The molecule has 0 N–H and O–H groups in total. The highest BCUT2D eigenvalue weighted by atomic mass is 14.5. The van der Waals surface area contributed by atoms with Gasteiger partial charge in [-0.15, -0.1) is 0 Å². The van der Waals surface area contributed by atoms with Gasteiger partial charge in [0.15, 0.2) is 0 Å². The van der Waals surface area contributed by atoms with E-state index >= 15 is 0 Å². The summed E-state index contributed by atoms with van der Waals surface area (Å²) in [7, 11) is 0. The third-order valence-electron chi connectivity index (χ3n) is 7.42. The zero-order valence-electron chi connectivity index (χ0n) is 13.5. The summed E-state index contributed by atoms with van der Waals surface area (Å²) in [5.74, 6) is 5.48. The van der Waals surface area contributed by atoms with E-state index in [0.717, 1.165) is 29.6 Å². The van der Waals surface area contributed by atoms with Crippen LogP contribution in [-0.2, 0) is 0 Å². The van der Waals surface area contributed by atoms with Crippen molar-refractivity contribution >= 4 is 0 Å². The highest BCUT2D eigenvalue weighted by Gasteiger charge is 2.47. The Hall–Kier alpha value is 0. The molecule has 3 saturated carbocycles. The summed E-state index contributed by atoms with van der Waals surface area (Å²) in [4.78, 5) is 0. The van der Waals surface area contributed by atoms with Crippen molar-refractivity contribution in [3.63, 3.8) is 0 Å². The molecule has 3 aliphatic rings. The van der Waals surface area contributed by atoms with E-state index in [0.29, 0.717) is 5.41 Å². The van der Waals surface area contributed by atoms with E-state index in [4.69, 9.17) is 0 Å². The van der Waals surface area contributed by atoms with Gasteiger partial charge in [0.05, 0.1) is 0 Å². The van der Waals surface area contributed by atoms with Gasteiger partial charge in [-0.05, 0) is 67.1 Å². The van der Waals surface area contributed by atoms with Gasteiger partial charge in [-0.3, -0.25) is 0 Å². The average Bonchev–Trinajstić information content (AvgIpc) is 2.46. The molecular formula is C19H34. The normalized spacial score (nSPS) is 43.4. The first-order chi connectivity index (χ1) is 9.13. The van der Waals surface area contributed by atoms with Gasteiger partial charge in [0.1, 0.15) is 0 Å². The molecule has 0 aliphatic heterocycles. The molecule has 3 aliphatic carbocycles. The Morgan fingerprint density at radius 3 is 2.26 bits per heavy atom. The average molecular weight is 262 g/mol. The number of hydrogen-bond acceptors (Lipinski definition) is 0. The van der Waals surface area contributed by atoms with Crippen LogP contribution in [0.1, 0.15) is 85.0 Å². The van der Waals surface area contributed by atoms with Crippen molar-refractivity contribution in [1.82, 2.24) is 0 Å². The molecule has 0 saturated heterocycles. The fraction of sp³-hybridized carbons (Fsp3) is 1.00. The first-order valence-corrected chi connectivity index (χ1v) is 9.13. The van der Waals surface area contributed by atoms with Crippen LogP contribution in [0.4, 0.5) is 0 Å². The predicted molar refractivity (Wildman–Crippen MR) is 83.1 cm³/mol. The van der Waals surface area contributed by atoms with Gasteiger partial charge in [0.25, 0.3) is 0 Å². The molecule has 5 unspecified atom stereocenters. The van der Waals surface area contributed by atoms with Crippen molar-refractivity contribution in [3.8, 4) is 0 Å². The summed E-state index contributed by atoms with van der Waals surface area (Å²) in [6.07, 6.45) is 15.3. The molecule has 0 radical (unpaired) electrons. The summed E-state index contributed by atoms with van der Waals surface area (Å²) >= 11 is 0. The summed E-state index contributed by atoms with van der Waals surface area (Å²) in [5.41, 5.74) is 0.588. The van der Waals surface area contributed by atoms with E-state index < -0.39 is 0 Å². The van der Waals surface area contributed by atoms with Crippen molar-refractivity contribution in [3.05, 3.63) is 0 Å². The van der Waals surface area contributed by atoms with Crippen molar-refractivity contribution in [2.75, 3.05) is 0 Å². The fourth-order valence-electron chi connectivity index (χ4n) is 6.04. The van der Waals surface area contributed by atoms with Gasteiger partial charge in [0.2, 0.25) is 0 Å². The second kappa shape index (κ2) is 5.41. The molecule has 0 heteroatoms. The second-order valence-corrected chi connectivity index (χ2v) is 8.49. The second-order valence-electron chi connectivity index (χ2n) is 8.49. The molecule has 19 heavy (non-hydrogen) atoms. The quantitative estimate of drug-likeness (QED) is 0.568. The molecule has 3 rings (SSSR count). The Kier molecular flexibility index (Phi) is 3.98. The summed E-state index contributed by atoms with van der Waals surface area (Å²) in [6, 6.07) is 0. The number of rotatable bonds is 2. The predicted octanol–water partition coefficient (Wildman–Crippen LogP) is 6.06. The molecule has 0 aromatic rings. The molecule has 0 amide bonds. The molecule has 0 nitrogen and oxygen atoms in total. The molecule has 3 fully saturated rings. The molecule has 5 atom stereocenters. The largest absolute Gasteiger partial charge is 0.0649 e. The Bertz CT molecular complexity index is 303. The van der Waals surface area contributed by atoms with Gasteiger partial charge in [-0.25, -0.2) is 0 Å². The molecule has 110 valence electrons. The van der Waals surface area contributed by atoms with Crippen LogP contribution in [0.25, 0.3) is 0 Å². The van der Waals surface area contributed by atoms with Gasteiger partial charge in [0, 0.05) is 0 Å². The van der Waals surface area contributed by atoms with Crippen LogP contribution < -0.4 is 0 Å². The van der Waals surface area contributed by atoms with Crippen LogP contribution >= 0.6 is 0 Å². The first kappa shape index (κ1) is 14.0. The lowest BCUT2D eigenvalue weighted by molar-refractivity contribution is -0.0423. The molecule has 0 bridgehead atoms. The van der Waals surface area contributed by atoms with E-state index in [2.05, 4.69) is 20.8 Å². The summed E-state index contributed by atoms with van der Waals surface area (Å²) in [6.45, 7) is 7.51. The van der Waals surface area contributed by atoms with Crippen LogP contribution in [0.15, 0.2) is 0 Å². The maximum absolute atomic E-state index is 2.55. The van der Waals surface area contributed by atoms with Crippen LogP contribution in [-0.4, -0.2) is 0 Å². The van der Waals surface area contributed by atoms with Gasteiger partial charge in [-0.1, -0.05) is 52.9 Å². The van der Waals surface area contributed by atoms with Gasteiger partial charge in [-0.2, -0.15) is 0 Å². The Morgan fingerprint density at radius 2 is 1.47 bits per heavy atom. The Balaban J connectivity index is 1.78. The Labute approximate surface area is 120 Å². The fourth-order valence-corrected chi connectivity index (χ4v) is 6.04. The van der Waals surface area contributed by atoms with Gasteiger partial charge >= 0.3 is 0 Å². The number of hydrogen-bond donors (Lipinski definition) is 0. The highest BCUT2D eigenvalue weighted by Crippen LogP contribution is 2.56. The van der Waals surface area contributed by atoms with E-state index in [1.54, 1.807) is 32.1 Å².